The Morgan fingerprint density at radius 2 is 2.00 bits per heavy atom. The van der Waals surface area contributed by atoms with Crippen LogP contribution in [0.25, 0.3) is 0 Å². The lowest BCUT2D eigenvalue weighted by Crippen LogP contribution is -2.46. The summed E-state index contributed by atoms with van der Waals surface area (Å²) in [7, 11) is 0. The minimum Gasteiger partial charge on any atom is -0.475 e. The number of hydrogen-bond acceptors (Lipinski definition) is 5. The zero-order valence-electron chi connectivity index (χ0n) is 16.5. The van der Waals surface area contributed by atoms with E-state index in [1.807, 2.05) is 23.1 Å². The number of nitrogens with zero attached hydrogens (tertiary/aromatic N) is 2. The normalized spacial score (nSPS) is 26.1. The summed E-state index contributed by atoms with van der Waals surface area (Å²) in [5.74, 6) is -1.19. The summed E-state index contributed by atoms with van der Waals surface area (Å²) in [4.78, 5) is 27.5. The number of ether oxygens (including phenoxy) is 1. The lowest BCUT2D eigenvalue weighted by molar-refractivity contribution is -0.192. The van der Waals surface area contributed by atoms with Gasteiger partial charge >= 0.3 is 12.1 Å². The molecule has 1 aliphatic carbocycles. The van der Waals surface area contributed by atoms with E-state index in [0.29, 0.717) is 11.8 Å². The van der Waals surface area contributed by atoms with Gasteiger partial charge in [0.1, 0.15) is 5.82 Å². The third kappa shape index (κ3) is 6.07. The molecule has 4 rings (SSSR count). The highest BCUT2D eigenvalue weighted by molar-refractivity contribution is 5.81. The van der Waals surface area contributed by atoms with Gasteiger partial charge in [0.15, 0.2) is 0 Å². The summed E-state index contributed by atoms with van der Waals surface area (Å²) in [6.07, 6.45) is 3.43. The van der Waals surface area contributed by atoms with E-state index in [1.54, 1.807) is 6.20 Å². The summed E-state index contributed by atoms with van der Waals surface area (Å²) >= 11 is 0. The molecule has 0 bridgehead atoms. The van der Waals surface area contributed by atoms with Crippen molar-refractivity contribution < 1.29 is 32.6 Å². The number of hydrogen-bond donors (Lipinski definition) is 2. The number of amides is 1. The first-order chi connectivity index (χ1) is 14.2. The van der Waals surface area contributed by atoms with Crippen molar-refractivity contribution in [3.05, 3.63) is 24.4 Å². The summed E-state index contributed by atoms with van der Waals surface area (Å²) in [6.45, 7) is 2.45. The van der Waals surface area contributed by atoms with Gasteiger partial charge in [-0.3, -0.25) is 4.79 Å². The zero-order chi connectivity index (χ0) is 21.8. The standard InChI is InChI=1S/C18H25N3O2.C2HF3O2/c22-17(14-6-7-14)21-11-9-18(13-21)8-3-4-15(23-18)12-20-16-5-1-2-10-19-16;3-2(4,5)1(6)7/h1-2,5,10,14-15H,3-4,6-9,11-13H2,(H,19,20);(H,6,7)/t15-,18+;/m0./s1. The third-order valence-electron chi connectivity index (χ3n) is 5.55. The Hall–Kier alpha value is -2.36. The van der Waals surface area contributed by atoms with Gasteiger partial charge in [0.25, 0.3) is 0 Å². The van der Waals surface area contributed by atoms with E-state index in [9.17, 15) is 18.0 Å². The average Bonchev–Trinajstić information content (AvgIpc) is 3.49. The van der Waals surface area contributed by atoms with Crippen LogP contribution in [0.5, 0.6) is 0 Å². The summed E-state index contributed by atoms with van der Waals surface area (Å²) in [6, 6.07) is 5.88. The maximum atomic E-state index is 12.3. The van der Waals surface area contributed by atoms with E-state index in [0.717, 1.165) is 57.6 Å². The van der Waals surface area contributed by atoms with Crippen molar-refractivity contribution in [3.8, 4) is 0 Å². The Bertz CT molecular complexity index is 743. The zero-order valence-corrected chi connectivity index (χ0v) is 16.5. The Labute approximate surface area is 172 Å². The topological polar surface area (TPSA) is 91.8 Å². The smallest absolute Gasteiger partial charge is 0.475 e. The number of anilines is 1. The number of aromatic nitrogens is 1. The predicted octanol–water partition coefficient (Wildman–Crippen LogP) is 3.08. The molecule has 0 aromatic carbocycles. The summed E-state index contributed by atoms with van der Waals surface area (Å²) in [5, 5.41) is 10.5. The van der Waals surface area contributed by atoms with Crippen LogP contribution in [0.3, 0.4) is 0 Å². The van der Waals surface area contributed by atoms with Crippen molar-refractivity contribution in [1.29, 1.82) is 0 Å². The number of aliphatic carboxylic acids is 1. The Morgan fingerprint density at radius 3 is 2.60 bits per heavy atom. The number of halogens is 3. The second-order valence-electron chi connectivity index (χ2n) is 8.00. The van der Waals surface area contributed by atoms with Gasteiger partial charge in [-0.15, -0.1) is 0 Å². The molecule has 0 radical (unpaired) electrons. The molecule has 3 fully saturated rings. The number of carboxylic acids is 1. The second-order valence-corrected chi connectivity index (χ2v) is 8.00. The highest BCUT2D eigenvalue weighted by Gasteiger charge is 2.46. The summed E-state index contributed by atoms with van der Waals surface area (Å²) in [5.41, 5.74) is -0.0980. The molecule has 2 aliphatic heterocycles. The molecular weight excluding hydrogens is 403 g/mol. The van der Waals surface area contributed by atoms with Crippen LogP contribution in [0.4, 0.5) is 19.0 Å². The number of carbonyl (C=O) groups is 2. The fourth-order valence-electron chi connectivity index (χ4n) is 3.87. The molecule has 10 heteroatoms. The van der Waals surface area contributed by atoms with Crippen LogP contribution in [0, 0.1) is 5.92 Å². The number of alkyl halides is 3. The van der Waals surface area contributed by atoms with Crippen LogP contribution in [-0.2, 0) is 14.3 Å². The maximum absolute atomic E-state index is 12.3. The van der Waals surface area contributed by atoms with Crippen LogP contribution in [0.1, 0.15) is 38.5 Å². The molecule has 2 N–H and O–H groups in total. The molecule has 166 valence electrons. The largest absolute Gasteiger partial charge is 0.490 e. The Morgan fingerprint density at radius 1 is 1.27 bits per heavy atom. The highest BCUT2D eigenvalue weighted by Crippen LogP contribution is 2.39. The van der Waals surface area contributed by atoms with Crippen LogP contribution in [0.15, 0.2) is 24.4 Å². The second kappa shape index (κ2) is 9.20. The SMILES string of the molecule is O=C(C1CC1)N1CC[C@]2(CCC[C@@H](CNc3ccccn3)O2)C1.O=C(O)C(F)(F)F. The maximum Gasteiger partial charge on any atom is 0.490 e. The number of likely N-dealkylation sites (tertiary alicyclic amines) is 1. The molecule has 2 atom stereocenters. The lowest BCUT2D eigenvalue weighted by Gasteiger charge is -2.38. The van der Waals surface area contributed by atoms with Crippen molar-refractivity contribution in [3.63, 3.8) is 0 Å². The first-order valence-electron chi connectivity index (χ1n) is 10.1. The van der Waals surface area contributed by atoms with Gasteiger partial charge in [0.05, 0.1) is 11.7 Å². The number of rotatable bonds is 4. The van der Waals surface area contributed by atoms with Gasteiger partial charge in [-0.05, 0) is 50.7 Å². The van der Waals surface area contributed by atoms with Crippen molar-refractivity contribution >= 4 is 17.7 Å². The third-order valence-corrected chi connectivity index (χ3v) is 5.55. The molecule has 1 aromatic heterocycles. The molecule has 3 heterocycles. The van der Waals surface area contributed by atoms with E-state index in [2.05, 4.69) is 10.3 Å². The molecule has 3 aliphatic rings. The van der Waals surface area contributed by atoms with Gasteiger partial charge in [-0.2, -0.15) is 13.2 Å². The van der Waals surface area contributed by atoms with E-state index >= 15 is 0 Å². The van der Waals surface area contributed by atoms with Gasteiger partial charge < -0.3 is 20.1 Å². The summed E-state index contributed by atoms with van der Waals surface area (Å²) < 4.78 is 38.2. The molecule has 30 heavy (non-hydrogen) atoms. The number of pyridine rings is 1. The molecule has 1 saturated carbocycles. The molecule has 7 nitrogen and oxygen atoms in total. The Kier molecular flexibility index (Phi) is 6.84. The quantitative estimate of drug-likeness (QED) is 0.764. The predicted molar refractivity (Wildman–Crippen MR) is 102 cm³/mol. The number of nitrogens with one attached hydrogen (secondary N) is 1. The molecular formula is C20H26F3N3O4. The van der Waals surface area contributed by atoms with Crippen molar-refractivity contribution in [2.24, 2.45) is 5.92 Å². The van der Waals surface area contributed by atoms with E-state index in [-0.39, 0.29) is 11.7 Å². The number of carboxylic acid groups (broad SMARTS) is 1. The van der Waals surface area contributed by atoms with E-state index in [4.69, 9.17) is 14.6 Å². The average molecular weight is 429 g/mol. The molecule has 2 saturated heterocycles. The molecule has 1 aromatic rings. The highest BCUT2D eigenvalue weighted by atomic mass is 19.4. The lowest BCUT2D eigenvalue weighted by atomic mass is 9.90. The Balaban J connectivity index is 0.000000318. The molecule has 0 unspecified atom stereocenters. The molecule has 1 spiro atoms. The van der Waals surface area contributed by atoms with Crippen molar-refractivity contribution in [1.82, 2.24) is 9.88 Å². The first-order valence-corrected chi connectivity index (χ1v) is 10.1. The first kappa shape index (κ1) is 22.3. The monoisotopic (exact) mass is 429 g/mol. The number of carbonyl (C=O) groups excluding carboxylic acids is 1. The fourth-order valence-corrected chi connectivity index (χ4v) is 3.87. The van der Waals surface area contributed by atoms with Crippen molar-refractivity contribution in [2.75, 3.05) is 25.0 Å². The van der Waals surface area contributed by atoms with Gasteiger partial charge in [0, 0.05) is 31.7 Å². The minimum absolute atomic E-state index is 0.0980. The van der Waals surface area contributed by atoms with E-state index < -0.39 is 12.1 Å². The van der Waals surface area contributed by atoms with Crippen LogP contribution >= 0.6 is 0 Å². The van der Waals surface area contributed by atoms with Gasteiger partial charge in [0.2, 0.25) is 5.91 Å². The minimum atomic E-state index is -5.08. The van der Waals surface area contributed by atoms with Crippen LogP contribution in [-0.4, -0.2) is 64.4 Å². The van der Waals surface area contributed by atoms with Crippen LogP contribution in [0.2, 0.25) is 0 Å². The van der Waals surface area contributed by atoms with Gasteiger partial charge in [-0.1, -0.05) is 6.07 Å². The van der Waals surface area contributed by atoms with Crippen molar-refractivity contribution in [2.45, 2.75) is 56.4 Å². The van der Waals surface area contributed by atoms with Gasteiger partial charge in [-0.25, -0.2) is 9.78 Å². The van der Waals surface area contributed by atoms with E-state index in [1.165, 1.54) is 6.42 Å². The molecule has 1 amide bonds. The van der Waals surface area contributed by atoms with Crippen LogP contribution < -0.4 is 5.32 Å². The fraction of sp³-hybridized carbons (Fsp3) is 0.650.